The third-order valence-corrected chi connectivity index (χ3v) is 5.96. The molecule has 1 atom stereocenters. The fourth-order valence-electron chi connectivity index (χ4n) is 4.03. The van der Waals surface area contributed by atoms with Gasteiger partial charge in [0.2, 0.25) is 11.8 Å². The second-order valence-corrected chi connectivity index (χ2v) is 8.84. The molecule has 0 radical (unpaired) electrons. The van der Waals surface area contributed by atoms with E-state index in [0.29, 0.717) is 36.5 Å². The zero-order chi connectivity index (χ0) is 29.8. The summed E-state index contributed by atoms with van der Waals surface area (Å²) in [5.74, 6) is -0.247. The molecule has 0 bridgehead atoms. The third kappa shape index (κ3) is 9.31. The van der Waals surface area contributed by atoms with E-state index in [-0.39, 0.29) is 24.3 Å². The Morgan fingerprint density at radius 2 is 2.00 bits per heavy atom. The number of likely N-dealkylation sites (tertiary alicyclic amines) is 1. The Morgan fingerprint density at radius 1 is 1.24 bits per heavy atom. The predicted octanol–water partition coefficient (Wildman–Crippen LogP) is 4.70. The number of carbonyl (C=O) groups excluding carboxylic acids is 1. The Labute approximate surface area is 235 Å². The summed E-state index contributed by atoms with van der Waals surface area (Å²) < 4.78 is 59.6. The van der Waals surface area contributed by atoms with E-state index in [1.165, 1.54) is 19.2 Å². The van der Waals surface area contributed by atoms with Crippen molar-refractivity contribution < 1.29 is 27.1 Å². The quantitative estimate of drug-likeness (QED) is 0.146. The first-order valence-electron chi connectivity index (χ1n) is 12.6. The van der Waals surface area contributed by atoms with Gasteiger partial charge in [-0.15, -0.1) is 0 Å². The molecule has 1 saturated heterocycles. The summed E-state index contributed by atoms with van der Waals surface area (Å²) in [6, 6.07) is 9.56. The molecule has 2 heterocycles. The van der Waals surface area contributed by atoms with Gasteiger partial charge in [0.15, 0.2) is 0 Å². The molecule has 10 nitrogen and oxygen atoms in total. The molecule has 0 aliphatic carbocycles. The van der Waals surface area contributed by atoms with Crippen molar-refractivity contribution in [2.45, 2.75) is 18.6 Å². The number of ether oxygens (including phenoxy) is 1. The molecule has 1 aliphatic rings. The van der Waals surface area contributed by atoms with Gasteiger partial charge in [-0.05, 0) is 49.5 Å². The van der Waals surface area contributed by atoms with Gasteiger partial charge in [0.05, 0.1) is 12.8 Å². The Morgan fingerprint density at radius 3 is 2.66 bits per heavy atom. The van der Waals surface area contributed by atoms with Crippen LogP contribution in [0.15, 0.2) is 70.4 Å². The topological polar surface area (TPSA) is 115 Å². The first kappa shape index (κ1) is 31.1. The Hall–Kier alpha value is -4.46. The Bertz CT molecular complexity index is 1280. The summed E-state index contributed by atoms with van der Waals surface area (Å²) in [4.78, 5) is 25.3. The van der Waals surface area contributed by atoms with Gasteiger partial charge in [-0.2, -0.15) is 18.2 Å². The number of methoxy groups -OCH3 is 1. The molecule has 1 aliphatic heterocycles. The van der Waals surface area contributed by atoms with Crippen molar-refractivity contribution in [1.29, 1.82) is 0 Å². The molecule has 3 rings (SSSR count). The maximum absolute atomic E-state index is 13.9. The Kier molecular flexibility index (Phi) is 11.2. The van der Waals surface area contributed by atoms with Crippen LogP contribution in [0, 0.1) is 0 Å². The number of allylic oxidation sites excluding steroid dienone is 1. The molecule has 4 N–H and O–H groups in total. The van der Waals surface area contributed by atoms with E-state index in [1.807, 2.05) is 4.90 Å². The van der Waals surface area contributed by atoms with E-state index in [0.717, 1.165) is 19.0 Å². The molecule has 1 fully saturated rings. The highest BCUT2D eigenvalue weighted by molar-refractivity contribution is 5.99. The average molecular weight is 577 g/mol. The van der Waals surface area contributed by atoms with Crippen molar-refractivity contribution in [1.82, 2.24) is 9.88 Å². The largest absolute Gasteiger partial charge is 0.479 e. The molecule has 1 amide bonds. The third-order valence-electron chi connectivity index (χ3n) is 5.96. The average Bonchev–Trinajstić information content (AvgIpc) is 3.38. The smallest absolute Gasteiger partial charge is 0.421 e. The number of aliphatic imine (C=N–C) groups is 2. The van der Waals surface area contributed by atoms with Crippen LogP contribution in [0.25, 0.3) is 0 Å². The number of alkyl halides is 4. The number of nitrogens with zero attached hydrogens (tertiary/aromatic N) is 4. The van der Waals surface area contributed by atoms with Crippen LogP contribution in [0.5, 0.6) is 5.88 Å². The number of amides is 1. The van der Waals surface area contributed by atoms with Crippen LogP contribution >= 0.6 is 0 Å². The first-order valence-corrected chi connectivity index (χ1v) is 12.6. The van der Waals surface area contributed by atoms with Gasteiger partial charge in [-0.25, -0.2) is 9.38 Å². The molecular weight excluding hydrogens is 544 g/mol. The summed E-state index contributed by atoms with van der Waals surface area (Å²) in [6.07, 6.45) is -2.23. The summed E-state index contributed by atoms with van der Waals surface area (Å²) in [5, 5.41) is 11.3. The van der Waals surface area contributed by atoms with Crippen molar-refractivity contribution in [2.24, 2.45) is 9.98 Å². The monoisotopic (exact) mass is 576 g/mol. The highest BCUT2D eigenvalue weighted by atomic mass is 19.4. The predicted molar refractivity (Wildman–Crippen MR) is 154 cm³/mol. The molecule has 1 aromatic heterocycles. The van der Waals surface area contributed by atoms with Gasteiger partial charge in [0, 0.05) is 43.3 Å². The van der Waals surface area contributed by atoms with E-state index in [1.54, 1.807) is 24.3 Å². The van der Waals surface area contributed by atoms with E-state index < -0.39 is 30.2 Å². The highest BCUT2D eigenvalue weighted by Crippen LogP contribution is 2.29. The lowest BCUT2D eigenvalue weighted by Crippen LogP contribution is -2.28. The van der Waals surface area contributed by atoms with Gasteiger partial charge in [-0.3, -0.25) is 14.7 Å². The number of carbonyl (C=O) groups is 1. The van der Waals surface area contributed by atoms with E-state index in [9.17, 15) is 22.4 Å². The van der Waals surface area contributed by atoms with Crippen molar-refractivity contribution in [3.63, 3.8) is 0 Å². The minimum atomic E-state index is -4.80. The number of rotatable bonds is 14. The van der Waals surface area contributed by atoms with Crippen LogP contribution in [0.4, 0.5) is 40.4 Å². The summed E-state index contributed by atoms with van der Waals surface area (Å²) in [6.45, 7) is 7.88. The number of halogens is 4. The molecule has 1 aromatic carbocycles. The fourth-order valence-corrected chi connectivity index (χ4v) is 4.03. The number of benzene rings is 1. The normalized spacial score (nSPS) is 16.2. The van der Waals surface area contributed by atoms with E-state index in [2.05, 4.69) is 49.5 Å². The summed E-state index contributed by atoms with van der Waals surface area (Å²) in [5.41, 5.74) is -0.144. The molecular formula is C27H32F4N8O2. The zero-order valence-corrected chi connectivity index (χ0v) is 22.5. The molecule has 0 saturated carbocycles. The van der Waals surface area contributed by atoms with Crippen LogP contribution < -0.4 is 26.0 Å². The molecule has 41 heavy (non-hydrogen) atoms. The number of nitrogens with one attached hydrogen (secondary N) is 4. The maximum atomic E-state index is 13.9. The molecule has 14 heteroatoms. The Balaban J connectivity index is 1.68. The molecule has 0 spiro atoms. The minimum absolute atomic E-state index is 0.115. The number of anilines is 4. The van der Waals surface area contributed by atoms with Crippen LogP contribution in [-0.4, -0.2) is 81.0 Å². The number of hydrogen-bond acceptors (Lipinski definition) is 9. The van der Waals surface area contributed by atoms with Crippen molar-refractivity contribution in [2.75, 3.05) is 61.4 Å². The van der Waals surface area contributed by atoms with Crippen molar-refractivity contribution in [3.8, 4) is 5.88 Å². The summed E-state index contributed by atoms with van der Waals surface area (Å²) >= 11 is 0. The standard InChI is InChI=1S/C27H32F4N8O2/c1-4-24(40)36-18-6-5-7-19(14-18)37-25(32-2)21(27(29,30)31)15-33-17-34-22-8-9-23(38-26(22)41-3)35-20-10-12-39(16-20)13-11-28/h4-9,14-15,20,34,37H,1-2,10-13,16-17H2,3H3,(H,35,38)(H,36,40)/b25-21-,33-15-. The summed E-state index contributed by atoms with van der Waals surface area (Å²) in [7, 11) is 1.43. The van der Waals surface area contributed by atoms with Crippen molar-refractivity contribution in [3.05, 3.63) is 60.4 Å². The first-order chi connectivity index (χ1) is 19.7. The minimum Gasteiger partial charge on any atom is -0.479 e. The van der Waals surface area contributed by atoms with Crippen molar-refractivity contribution >= 4 is 41.7 Å². The SMILES string of the molecule is C=CC(=O)Nc1cccc(N/C(N=C)=C(/C=N\CNc2ccc(NC3CCN(CCF)C3)nc2OC)C(F)(F)F)c1. The van der Waals surface area contributed by atoms with E-state index in [4.69, 9.17) is 4.74 Å². The van der Waals surface area contributed by atoms with Gasteiger partial charge in [-0.1, -0.05) is 12.6 Å². The second kappa shape index (κ2) is 14.8. The van der Waals surface area contributed by atoms with Gasteiger partial charge < -0.3 is 26.0 Å². The fraction of sp³-hybridized carbons (Fsp3) is 0.333. The lowest BCUT2D eigenvalue weighted by atomic mass is 10.2. The molecule has 220 valence electrons. The molecule has 2 aromatic rings. The second-order valence-electron chi connectivity index (χ2n) is 8.84. The van der Waals surface area contributed by atoms with Crippen LogP contribution in [-0.2, 0) is 4.79 Å². The molecule has 1 unspecified atom stereocenters. The van der Waals surface area contributed by atoms with Crippen LogP contribution in [0.2, 0.25) is 0 Å². The van der Waals surface area contributed by atoms with Crippen LogP contribution in [0.3, 0.4) is 0 Å². The highest BCUT2D eigenvalue weighted by Gasteiger charge is 2.36. The number of pyridine rings is 1. The van der Waals surface area contributed by atoms with Crippen LogP contribution in [0.1, 0.15) is 6.42 Å². The van der Waals surface area contributed by atoms with Gasteiger partial charge in [0.1, 0.15) is 30.6 Å². The number of aromatic nitrogens is 1. The lowest BCUT2D eigenvalue weighted by molar-refractivity contribution is -0.111. The van der Waals surface area contributed by atoms with E-state index >= 15 is 0 Å². The lowest BCUT2D eigenvalue weighted by Gasteiger charge is -2.17. The number of hydrogen-bond donors (Lipinski definition) is 4. The van der Waals surface area contributed by atoms with Gasteiger partial charge in [0.25, 0.3) is 0 Å². The maximum Gasteiger partial charge on any atom is 0.421 e. The van der Waals surface area contributed by atoms with Gasteiger partial charge >= 0.3 is 6.18 Å². The zero-order valence-electron chi connectivity index (χ0n) is 22.5.